The molecule has 0 saturated heterocycles. The van der Waals surface area contributed by atoms with Gasteiger partial charge in [0.2, 0.25) is 0 Å². The van der Waals surface area contributed by atoms with Crippen molar-refractivity contribution in [2.75, 3.05) is 0 Å². The summed E-state index contributed by atoms with van der Waals surface area (Å²) in [5.74, 6) is 0. The van der Waals surface area contributed by atoms with E-state index in [0.717, 1.165) is 4.47 Å². The zero-order valence-electron chi connectivity index (χ0n) is 17.8. The molecule has 1 aromatic carbocycles. The molecular weight excluding hydrogens is 408 g/mol. The Balaban J connectivity index is 2.84. The molecule has 0 unspecified atom stereocenters. The summed E-state index contributed by atoms with van der Waals surface area (Å²) < 4.78 is 13.8. The van der Waals surface area contributed by atoms with Crippen molar-refractivity contribution in [1.29, 1.82) is 0 Å². The van der Waals surface area contributed by atoms with E-state index in [1.165, 1.54) is 11.1 Å². The minimum Gasteiger partial charge on any atom is -0.413 e. The highest BCUT2D eigenvalue weighted by atomic mass is 79.9. The normalized spacial score (nSPS) is 14.0. The third-order valence-electron chi connectivity index (χ3n) is 5.83. The summed E-state index contributed by atoms with van der Waals surface area (Å²) in [6.45, 7) is 24.2. The lowest BCUT2D eigenvalue weighted by molar-refractivity contribution is 0.270. The van der Waals surface area contributed by atoms with E-state index >= 15 is 0 Å². The Labute approximate surface area is 166 Å². The Morgan fingerprint density at radius 1 is 0.720 bits per heavy atom. The average Bonchev–Trinajstić information content (AvgIpc) is 2.40. The van der Waals surface area contributed by atoms with Gasteiger partial charge in [-0.2, -0.15) is 0 Å². The van der Waals surface area contributed by atoms with E-state index in [1.807, 2.05) is 0 Å². The Bertz CT molecular complexity index is 536. The van der Waals surface area contributed by atoms with Crippen LogP contribution in [0.4, 0.5) is 0 Å². The molecule has 0 heterocycles. The van der Waals surface area contributed by atoms with Crippen LogP contribution in [0.3, 0.4) is 0 Å². The molecule has 0 aliphatic carbocycles. The topological polar surface area (TPSA) is 18.5 Å². The zero-order chi connectivity index (χ0) is 19.7. The maximum atomic E-state index is 6.38. The molecule has 0 aromatic heterocycles. The van der Waals surface area contributed by atoms with Gasteiger partial charge in [-0.25, -0.2) is 0 Å². The number of halogens is 1. The van der Waals surface area contributed by atoms with Crippen LogP contribution in [0.25, 0.3) is 0 Å². The van der Waals surface area contributed by atoms with Crippen molar-refractivity contribution in [3.8, 4) is 0 Å². The van der Waals surface area contributed by atoms with E-state index in [0.29, 0.717) is 13.2 Å². The first-order valence-corrected chi connectivity index (χ1v) is 15.7. The fraction of sp³-hybridized carbons (Fsp3) is 0.700. The molecule has 0 aliphatic heterocycles. The molecule has 0 aliphatic rings. The van der Waals surface area contributed by atoms with Gasteiger partial charge in [-0.05, 0) is 59.5 Å². The first-order chi connectivity index (χ1) is 11.1. The SMILES string of the molecule is CC(C)(C)[Si](C)(C)OCc1cc(Br)cc(CO[Si](C)(C)C(C)(C)C)c1. The zero-order valence-corrected chi connectivity index (χ0v) is 21.4. The van der Waals surface area contributed by atoms with Crippen molar-refractivity contribution < 1.29 is 8.85 Å². The first kappa shape index (κ1) is 23.1. The van der Waals surface area contributed by atoms with Gasteiger partial charge in [-0.15, -0.1) is 0 Å². The van der Waals surface area contributed by atoms with Crippen LogP contribution in [-0.4, -0.2) is 16.6 Å². The van der Waals surface area contributed by atoms with Crippen molar-refractivity contribution in [2.45, 2.75) is 91.0 Å². The molecule has 0 radical (unpaired) electrons. The van der Waals surface area contributed by atoms with E-state index in [4.69, 9.17) is 8.85 Å². The van der Waals surface area contributed by atoms with E-state index in [9.17, 15) is 0 Å². The van der Waals surface area contributed by atoms with E-state index in [1.54, 1.807) is 0 Å². The quantitative estimate of drug-likeness (QED) is 0.422. The van der Waals surface area contributed by atoms with Gasteiger partial charge in [0.05, 0.1) is 13.2 Å². The summed E-state index contributed by atoms with van der Waals surface area (Å²) in [4.78, 5) is 0. The highest BCUT2D eigenvalue weighted by molar-refractivity contribution is 9.10. The Morgan fingerprint density at radius 2 is 1.04 bits per heavy atom. The lowest BCUT2D eigenvalue weighted by Crippen LogP contribution is -2.40. The average molecular weight is 446 g/mol. The van der Waals surface area contributed by atoms with E-state index in [2.05, 4.69) is 102 Å². The highest BCUT2D eigenvalue weighted by Crippen LogP contribution is 2.38. The summed E-state index contributed by atoms with van der Waals surface area (Å²) in [7, 11) is -3.47. The van der Waals surface area contributed by atoms with Gasteiger partial charge in [-0.3, -0.25) is 0 Å². The number of rotatable bonds is 6. The second kappa shape index (κ2) is 7.97. The molecule has 1 aromatic rings. The Kier molecular flexibility index (Phi) is 7.36. The van der Waals surface area contributed by atoms with Gasteiger partial charge in [0.25, 0.3) is 0 Å². The minimum atomic E-state index is -1.74. The van der Waals surface area contributed by atoms with Crippen molar-refractivity contribution in [3.63, 3.8) is 0 Å². The predicted molar refractivity (Wildman–Crippen MR) is 118 cm³/mol. The third kappa shape index (κ3) is 6.62. The molecule has 0 bridgehead atoms. The molecule has 0 spiro atoms. The Hall–Kier alpha value is 0.0538. The summed E-state index contributed by atoms with van der Waals surface area (Å²) in [6.07, 6.45) is 0. The maximum absolute atomic E-state index is 6.38. The molecule has 0 N–H and O–H groups in total. The number of hydrogen-bond donors (Lipinski definition) is 0. The lowest BCUT2D eigenvalue weighted by atomic mass is 10.1. The minimum absolute atomic E-state index is 0.229. The molecule has 144 valence electrons. The van der Waals surface area contributed by atoms with Gasteiger partial charge < -0.3 is 8.85 Å². The number of benzene rings is 1. The van der Waals surface area contributed by atoms with Crippen LogP contribution >= 0.6 is 15.9 Å². The van der Waals surface area contributed by atoms with Crippen molar-refractivity contribution >= 4 is 32.6 Å². The van der Waals surface area contributed by atoms with Gasteiger partial charge in [0.1, 0.15) is 0 Å². The summed E-state index contributed by atoms with van der Waals surface area (Å²) in [5.41, 5.74) is 2.43. The fourth-order valence-corrected chi connectivity index (χ4v) is 4.35. The summed E-state index contributed by atoms with van der Waals surface area (Å²) >= 11 is 3.64. The molecule has 5 heteroatoms. The van der Waals surface area contributed by atoms with Crippen molar-refractivity contribution in [1.82, 2.24) is 0 Å². The van der Waals surface area contributed by atoms with Crippen LogP contribution in [0.5, 0.6) is 0 Å². The molecule has 2 nitrogen and oxygen atoms in total. The van der Waals surface area contributed by atoms with Gasteiger partial charge in [0, 0.05) is 4.47 Å². The second-order valence-corrected chi connectivity index (χ2v) is 20.6. The fourth-order valence-electron chi connectivity index (χ4n) is 1.84. The monoisotopic (exact) mass is 444 g/mol. The predicted octanol–water partition coefficient (Wildman–Crippen LogP) is 7.49. The van der Waals surface area contributed by atoms with Crippen LogP contribution in [-0.2, 0) is 22.1 Å². The third-order valence-corrected chi connectivity index (χ3v) is 15.2. The second-order valence-electron chi connectivity index (χ2n) is 10.1. The van der Waals surface area contributed by atoms with Crippen LogP contribution in [0.1, 0.15) is 52.7 Å². The maximum Gasteiger partial charge on any atom is 0.192 e. The molecule has 1 rings (SSSR count). The van der Waals surface area contributed by atoms with Crippen molar-refractivity contribution in [3.05, 3.63) is 33.8 Å². The Morgan fingerprint density at radius 3 is 1.32 bits per heavy atom. The van der Waals surface area contributed by atoms with Gasteiger partial charge >= 0.3 is 0 Å². The molecule has 25 heavy (non-hydrogen) atoms. The van der Waals surface area contributed by atoms with Crippen LogP contribution in [0, 0.1) is 0 Å². The smallest absolute Gasteiger partial charge is 0.192 e. The first-order valence-electron chi connectivity index (χ1n) is 9.11. The standard InChI is InChI=1S/C20H37BrO2Si2/c1-19(2,3)24(7,8)22-14-16-11-17(13-18(21)12-16)15-23-25(9,10)20(4,5)6/h11-13H,14-15H2,1-10H3. The highest BCUT2D eigenvalue weighted by Gasteiger charge is 2.38. The molecular formula is C20H37BrO2Si2. The van der Waals surface area contributed by atoms with Crippen LogP contribution in [0.15, 0.2) is 22.7 Å². The molecule has 0 amide bonds. The number of hydrogen-bond acceptors (Lipinski definition) is 2. The molecule has 0 fully saturated rings. The van der Waals surface area contributed by atoms with Gasteiger partial charge in [0.15, 0.2) is 16.6 Å². The van der Waals surface area contributed by atoms with Gasteiger partial charge in [-0.1, -0.05) is 63.5 Å². The molecule has 0 atom stereocenters. The summed E-state index contributed by atoms with van der Waals surface area (Å²) in [6, 6.07) is 6.54. The lowest BCUT2D eigenvalue weighted by Gasteiger charge is -2.36. The van der Waals surface area contributed by atoms with E-state index < -0.39 is 16.6 Å². The van der Waals surface area contributed by atoms with Crippen LogP contribution < -0.4 is 0 Å². The van der Waals surface area contributed by atoms with Crippen molar-refractivity contribution in [2.24, 2.45) is 0 Å². The summed E-state index contributed by atoms with van der Waals surface area (Å²) in [5, 5.41) is 0.459. The largest absolute Gasteiger partial charge is 0.413 e. The van der Waals surface area contributed by atoms with Crippen LogP contribution in [0.2, 0.25) is 36.3 Å². The molecule has 0 saturated carbocycles. The van der Waals surface area contributed by atoms with E-state index in [-0.39, 0.29) is 10.1 Å².